The van der Waals surface area contributed by atoms with E-state index in [0.29, 0.717) is 0 Å². The van der Waals surface area contributed by atoms with Crippen molar-refractivity contribution >= 4 is 11.6 Å². The number of nitrogens with zero attached hydrogens (tertiary/aromatic N) is 2. The Bertz CT molecular complexity index is 446. The number of aromatic nitrogens is 2. The van der Waals surface area contributed by atoms with Gasteiger partial charge in [0.15, 0.2) is 0 Å². The molecule has 2 aromatic heterocycles. The van der Waals surface area contributed by atoms with Crippen molar-refractivity contribution < 1.29 is 0 Å². The smallest absolute Gasteiger partial charge is 0.0273 e. The third kappa shape index (κ3) is 2.50. The monoisotopic (exact) mass is 196 g/mol. The van der Waals surface area contributed by atoms with E-state index in [1.807, 2.05) is 24.3 Å². The number of hydrogen-bond donors (Lipinski definition) is 0. The molecule has 0 N–H and O–H groups in total. The third-order valence-electron chi connectivity index (χ3n) is 2.22. The summed E-state index contributed by atoms with van der Waals surface area (Å²) < 4.78 is 0. The zero-order valence-electron chi connectivity index (χ0n) is 8.59. The largest absolute Gasteiger partial charge is 0.265 e. The number of allylic oxidation sites excluding steroid dienone is 1. The Labute approximate surface area is 89.3 Å². The first-order valence-corrected chi connectivity index (χ1v) is 4.85. The van der Waals surface area contributed by atoms with Crippen molar-refractivity contribution in [2.45, 2.75) is 6.92 Å². The van der Waals surface area contributed by atoms with Crippen LogP contribution in [-0.4, -0.2) is 9.97 Å². The van der Waals surface area contributed by atoms with E-state index in [0.717, 1.165) is 0 Å². The van der Waals surface area contributed by atoms with Crippen molar-refractivity contribution in [1.29, 1.82) is 0 Å². The molecule has 0 saturated heterocycles. The van der Waals surface area contributed by atoms with Crippen molar-refractivity contribution in [1.82, 2.24) is 9.97 Å². The van der Waals surface area contributed by atoms with E-state index < -0.39 is 0 Å². The Balaban J connectivity index is 2.29. The SMILES string of the molecule is C/C(=C/c1ccncc1)c1ccncc1. The summed E-state index contributed by atoms with van der Waals surface area (Å²) in [6, 6.07) is 8.00. The Morgan fingerprint density at radius 3 is 2.07 bits per heavy atom. The molecule has 74 valence electrons. The first-order valence-electron chi connectivity index (χ1n) is 4.85. The number of hydrogen-bond acceptors (Lipinski definition) is 2. The highest BCUT2D eigenvalue weighted by molar-refractivity contribution is 5.79. The summed E-state index contributed by atoms with van der Waals surface area (Å²) >= 11 is 0. The van der Waals surface area contributed by atoms with Crippen LogP contribution in [-0.2, 0) is 0 Å². The molecule has 15 heavy (non-hydrogen) atoms. The molecule has 2 heteroatoms. The van der Waals surface area contributed by atoms with Gasteiger partial charge in [-0.3, -0.25) is 9.97 Å². The summed E-state index contributed by atoms with van der Waals surface area (Å²) in [6.07, 6.45) is 9.34. The molecule has 0 aromatic carbocycles. The Morgan fingerprint density at radius 1 is 0.933 bits per heavy atom. The number of pyridine rings is 2. The first kappa shape index (κ1) is 9.59. The zero-order chi connectivity index (χ0) is 10.5. The first-order chi connectivity index (χ1) is 7.36. The van der Waals surface area contributed by atoms with Gasteiger partial charge in [0, 0.05) is 24.8 Å². The molecule has 2 heterocycles. The lowest BCUT2D eigenvalue weighted by Crippen LogP contribution is -1.80. The summed E-state index contributed by atoms with van der Waals surface area (Å²) in [4.78, 5) is 7.98. The van der Waals surface area contributed by atoms with Gasteiger partial charge in [0.25, 0.3) is 0 Å². The second-order valence-corrected chi connectivity index (χ2v) is 3.34. The topological polar surface area (TPSA) is 25.8 Å². The summed E-state index contributed by atoms with van der Waals surface area (Å²) in [5.41, 5.74) is 3.59. The van der Waals surface area contributed by atoms with E-state index in [1.54, 1.807) is 24.8 Å². The van der Waals surface area contributed by atoms with Gasteiger partial charge in [0.1, 0.15) is 0 Å². The molecular formula is C13H12N2. The molecule has 0 atom stereocenters. The highest BCUT2D eigenvalue weighted by Gasteiger charge is 1.94. The average molecular weight is 196 g/mol. The van der Waals surface area contributed by atoms with Crippen LogP contribution in [0.25, 0.3) is 11.6 Å². The molecule has 0 bridgehead atoms. The predicted octanol–water partition coefficient (Wildman–Crippen LogP) is 3.04. The second-order valence-electron chi connectivity index (χ2n) is 3.34. The Hall–Kier alpha value is -1.96. The standard InChI is InChI=1S/C13H12N2/c1-11(13-4-8-15-9-5-13)10-12-2-6-14-7-3-12/h2-10H,1H3/b11-10-. The highest BCUT2D eigenvalue weighted by Crippen LogP contribution is 2.15. The van der Waals surface area contributed by atoms with Crippen molar-refractivity contribution in [3.05, 3.63) is 60.2 Å². The molecule has 0 saturated carbocycles. The molecule has 2 rings (SSSR count). The van der Waals surface area contributed by atoms with Crippen LogP contribution < -0.4 is 0 Å². The van der Waals surface area contributed by atoms with Gasteiger partial charge in [0.05, 0.1) is 0 Å². The molecule has 0 amide bonds. The average Bonchev–Trinajstić information content (AvgIpc) is 2.31. The van der Waals surface area contributed by atoms with E-state index in [-0.39, 0.29) is 0 Å². The van der Waals surface area contributed by atoms with Crippen LogP contribution in [0.15, 0.2) is 49.1 Å². The van der Waals surface area contributed by atoms with Crippen molar-refractivity contribution in [2.24, 2.45) is 0 Å². The van der Waals surface area contributed by atoms with Gasteiger partial charge < -0.3 is 0 Å². The minimum Gasteiger partial charge on any atom is -0.265 e. The molecule has 0 aliphatic carbocycles. The van der Waals surface area contributed by atoms with Gasteiger partial charge in [-0.25, -0.2) is 0 Å². The van der Waals surface area contributed by atoms with Crippen molar-refractivity contribution in [3.8, 4) is 0 Å². The third-order valence-corrected chi connectivity index (χ3v) is 2.22. The van der Waals surface area contributed by atoms with Gasteiger partial charge in [-0.1, -0.05) is 6.08 Å². The van der Waals surface area contributed by atoms with E-state index in [2.05, 4.69) is 23.0 Å². The lowest BCUT2D eigenvalue weighted by Gasteiger charge is -2.00. The van der Waals surface area contributed by atoms with E-state index in [4.69, 9.17) is 0 Å². The maximum Gasteiger partial charge on any atom is 0.0273 e. The van der Waals surface area contributed by atoms with Gasteiger partial charge in [-0.05, 0) is 47.9 Å². The fourth-order valence-corrected chi connectivity index (χ4v) is 1.41. The van der Waals surface area contributed by atoms with Gasteiger partial charge >= 0.3 is 0 Å². The van der Waals surface area contributed by atoms with Gasteiger partial charge in [-0.15, -0.1) is 0 Å². The molecule has 0 unspecified atom stereocenters. The lowest BCUT2D eigenvalue weighted by atomic mass is 10.1. The summed E-state index contributed by atoms with van der Waals surface area (Å²) in [5.74, 6) is 0. The van der Waals surface area contributed by atoms with Crippen LogP contribution in [0.1, 0.15) is 18.1 Å². The molecule has 0 aliphatic rings. The summed E-state index contributed by atoms with van der Waals surface area (Å²) in [5, 5.41) is 0. The second kappa shape index (κ2) is 4.51. The molecule has 0 fully saturated rings. The van der Waals surface area contributed by atoms with Crippen LogP contribution in [0.5, 0.6) is 0 Å². The van der Waals surface area contributed by atoms with Crippen molar-refractivity contribution in [2.75, 3.05) is 0 Å². The van der Waals surface area contributed by atoms with E-state index in [1.165, 1.54) is 16.7 Å². The van der Waals surface area contributed by atoms with Crippen LogP contribution in [0, 0.1) is 0 Å². The molecule has 2 aromatic rings. The Kier molecular flexibility index (Phi) is 2.88. The maximum absolute atomic E-state index is 4.00. The summed E-state index contributed by atoms with van der Waals surface area (Å²) in [7, 11) is 0. The normalized spacial score (nSPS) is 11.4. The predicted molar refractivity (Wildman–Crippen MR) is 62.0 cm³/mol. The van der Waals surface area contributed by atoms with Crippen LogP contribution in [0.3, 0.4) is 0 Å². The van der Waals surface area contributed by atoms with E-state index >= 15 is 0 Å². The molecular weight excluding hydrogens is 184 g/mol. The summed E-state index contributed by atoms with van der Waals surface area (Å²) in [6.45, 7) is 2.09. The molecule has 0 aliphatic heterocycles. The molecule has 0 radical (unpaired) electrons. The Morgan fingerprint density at radius 2 is 1.47 bits per heavy atom. The zero-order valence-corrected chi connectivity index (χ0v) is 8.59. The van der Waals surface area contributed by atoms with E-state index in [9.17, 15) is 0 Å². The minimum atomic E-state index is 1.17. The minimum absolute atomic E-state index is 1.17. The maximum atomic E-state index is 4.00. The molecule has 2 nitrogen and oxygen atoms in total. The van der Waals surface area contributed by atoms with Crippen molar-refractivity contribution in [3.63, 3.8) is 0 Å². The van der Waals surface area contributed by atoms with Crippen LogP contribution >= 0.6 is 0 Å². The van der Waals surface area contributed by atoms with Gasteiger partial charge in [-0.2, -0.15) is 0 Å². The fourth-order valence-electron chi connectivity index (χ4n) is 1.41. The van der Waals surface area contributed by atoms with Crippen LogP contribution in [0.4, 0.5) is 0 Å². The fraction of sp³-hybridized carbons (Fsp3) is 0.0769. The van der Waals surface area contributed by atoms with Crippen LogP contribution in [0.2, 0.25) is 0 Å². The lowest BCUT2D eigenvalue weighted by molar-refractivity contribution is 1.31. The number of rotatable bonds is 2. The highest BCUT2D eigenvalue weighted by atomic mass is 14.6. The van der Waals surface area contributed by atoms with Gasteiger partial charge in [0.2, 0.25) is 0 Å². The molecule has 0 spiro atoms. The quantitative estimate of drug-likeness (QED) is 0.737.